The molecule has 4 rings (SSSR count). The van der Waals surface area contributed by atoms with Gasteiger partial charge in [0, 0.05) is 47.9 Å². The number of likely N-dealkylation sites (tertiary alicyclic amines) is 1. The Morgan fingerprint density at radius 2 is 1.92 bits per heavy atom. The summed E-state index contributed by atoms with van der Waals surface area (Å²) in [5.41, 5.74) is 3.77. The van der Waals surface area contributed by atoms with E-state index >= 15 is 0 Å². The zero-order valence-electron chi connectivity index (χ0n) is 22.5. The number of rotatable bonds is 9. The third-order valence-corrected chi connectivity index (χ3v) is 9.27. The largest absolute Gasteiger partial charge is 0.389 e. The van der Waals surface area contributed by atoms with Crippen molar-refractivity contribution in [3.63, 3.8) is 0 Å². The molecule has 10 heteroatoms. The smallest absolute Gasteiger partial charge is 0.264 e. The highest BCUT2D eigenvalue weighted by atomic mass is 32.2. The van der Waals surface area contributed by atoms with Crippen LogP contribution in [0.15, 0.2) is 64.3 Å². The Hall–Kier alpha value is -3.34. The predicted octanol–water partition coefficient (Wildman–Crippen LogP) is 5.61. The van der Waals surface area contributed by atoms with Crippen LogP contribution in [0, 0.1) is 6.92 Å². The fourth-order valence-electron chi connectivity index (χ4n) is 4.69. The van der Waals surface area contributed by atoms with Gasteiger partial charge in [0.1, 0.15) is 4.90 Å². The molecule has 39 heavy (non-hydrogen) atoms. The molecule has 2 heterocycles. The van der Waals surface area contributed by atoms with Crippen LogP contribution in [-0.4, -0.2) is 53.6 Å². The average molecular weight is 567 g/mol. The Bertz CT molecular complexity index is 1490. The van der Waals surface area contributed by atoms with Gasteiger partial charge in [0.15, 0.2) is 0 Å². The first kappa shape index (κ1) is 28.7. The van der Waals surface area contributed by atoms with Gasteiger partial charge in [-0.3, -0.25) is 14.5 Å². The number of aromatic nitrogens is 1. The summed E-state index contributed by atoms with van der Waals surface area (Å²) in [4.78, 5) is 19.2. The normalized spacial score (nSPS) is 15.4. The number of aliphatic hydroxyl groups is 1. The SMILES string of the molecule is C=C(CC)c1cccc(S(=O)(=O)Nc2ccc(C(=O)N3CCC(O)(Cc4csnc4C)CC3)cc2)c1N=CC. The fraction of sp³-hybridized carbons (Fsp3) is 0.345. The lowest BCUT2D eigenvalue weighted by Crippen LogP contribution is -2.47. The second kappa shape index (κ2) is 11.8. The summed E-state index contributed by atoms with van der Waals surface area (Å²) in [6, 6.07) is 11.4. The summed E-state index contributed by atoms with van der Waals surface area (Å²) in [5.74, 6) is -0.148. The molecule has 3 aromatic rings. The van der Waals surface area contributed by atoms with Gasteiger partial charge in [-0.25, -0.2) is 8.42 Å². The Morgan fingerprint density at radius 3 is 2.51 bits per heavy atom. The first-order valence-corrected chi connectivity index (χ1v) is 15.2. The third kappa shape index (κ3) is 6.46. The number of hydrogen-bond donors (Lipinski definition) is 2. The summed E-state index contributed by atoms with van der Waals surface area (Å²) < 4.78 is 33.5. The van der Waals surface area contributed by atoms with E-state index in [-0.39, 0.29) is 10.8 Å². The van der Waals surface area contributed by atoms with Gasteiger partial charge < -0.3 is 10.0 Å². The maximum absolute atomic E-state index is 13.3. The second-order valence-electron chi connectivity index (χ2n) is 9.80. The maximum Gasteiger partial charge on any atom is 0.264 e. The number of carbonyl (C=O) groups excluding carboxylic acids is 1. The lowest BCUT2D eigenvalue weighted by atomic mass is 9.85. The van der Waals surface area contributed by atoms with Crippen molar-refractivity contribution in [3.05, 3.63) is 76.8 Å². The quantitative estimate of drug-likeness (QED) is 0.327. The average Bonchev–Trinajstić information content (AvgIpc) is 3.32. The van der Waals surface area contributed by atoms with E-state index in [1.165, 1.54) is 17.6 Å². The summed E-state index contributed by atoms with van der Waals surface area (Å²) >= 11 is 1.39. The van der Waals surface area contributed by atoms with Crippen molar-refractivity contribution in [2.75, 3.05) is 17.8 Å². The monoisotopic (exact) mass is 566 g/mol. The van der Waals surface area contributed by atoms with Gasteiger partial charge in [-0.15, -0.1) is 0 Å². The molecular formula is C29H34N4O4S2. The molecule has 2 N–H and O–H groups in total. The van der Waals surface area contributed by atoms with Crippen LogP contribution >= 0.6 is 11.5 Å². The van der Waals surface area contributed by atoms with Gasteiger partial charge in [-0.1, -0.05) is 25.6 Å². The van der Waals surface area contributed by atoms with Crippen LogP contribution < -0.4 is 4.72 Å². The number of nitrogens with one attached hydrogen (secondary N) is 1. The molecule has 0 atom stereocenters. The van der Waals surface area contributed by atoms with E-state index < -0.39 is 15.6 Å². The van der Waals surface area contributed by atoms with Crippen LogP contribution in [0.1, 0.15) is 60.3 Å². The van der Waals surface area contributed by atoms with Crippen LogP contribution in [0.25, 0.3) is 5.57 Å². The number of piperidine rings is 1. The maximum atomic E-state index is 13.3. The fourth-order valence-corrected chi connectivity index (χ4v) is 6.63. The van der Waals surface area contributed by atoms with Crippen LogP contribution in [0.4, 0.5) is 11.4 Å². The topological polar surface area (TPSA) is 112 Å². The number of aliphatic imine (C=N–C) groups is 1. The van der Waals surface area contributed by atoms with Crippen LogP contribution in [0.2, 0.25) is 0 Å². The first-order valence-electron chi connectivity index (χ1n) is 12.9. The van der Waals surface area contributed by atoms with Crippen molar-refractivity contribution in [2.24, 2.45) is 4.99 Å². The van der Waals surface area contributed by atoms with Crippen LogP contribution in [0.5, 0.6) is 0 Å². The molecule has 1 aliphatic heterocycles. The zero-order valence-corrected chi connectivity index (χ0v) is 24.1. The minimum atomic E-state index is -3.95. The van der Waals surface area contributed by atoms with E-state index in [1.54, 1.807) is 48.4 Å². The van der Waals surface area contributed by atoms with E-state index in [2.05, 4.69) is 20.7 Å². The highest BCUT2D eigenvalue weighted by Gasteiger charge is 2.35. The number of allylic oxidation sites excluding steroid dienone is 1. The number of nitrogens with zero attached hydrogens (tertiary/aromatic N) is 3. The Morgan fingerprint density at radius 1 is 1.23 bits per heavy atom. The number of amides is 1. The van der Waals surface area contributed by atoms with E-state index in [1.807, 2.05) is 25.3 Å². The molecule has 2 aromatic carbocycles. The second-order valence-corrected chi connectivity index (χ2v) is 12.1. The van der Waals surface area contributed by atoms with Crippen molar-refractivity contribution in [1.82, 2.24) is 9.27 Å². The molecular weight excluding hydrogens is 532 g/mol. The number of sulfonamides is 1. The Kier molecular flexibility index (Phi) is 8.68. The molecule has 0 unspecified atom stereocenters. The molecule has 1 fully saturated rings. The predicted molar refractivity (Wildman–Crippen MR) is 157 cm³/mol. The van der Waals surface area contributed by atoms with Gasteiger partial charge >= 0.3 is 0 Å². The van der Waals surface area contributed by atoms with Crippen molar-refractivity contribution in [1.29, 1.82) is 0 Å². The number of carbonyl (C=O) groups is 1. The highest BCUT2D eigenvalue weighted by Crippen LogP contribution is 2.35. The Labute approximate surface area is 234 Å². The summed E-state index contributed by atoms with van der Waals surface area (Å²) in [7, 11) is -3.95. The molecule has 1 amide bonds. The molecule has 0 aliphatic carbocycles. The lowest BCUT2D eigenvalue weighted by molar-refractivity contribution is -0.0163. The molecule has 0 saturated carbocycles. The van der Waals surface area contributed by atoms with Crippen LogP contribution in [-0.2, 0) is 16.4 Å². The molecule has 206 valence electrons. The summed E-state index contributed by atoms with van der Waals surface area (Å²) in [6.45, 7) is 10.6. The summed E-state index contributed by atoms with van der Waals surface area (Å²) in [5, 5.41) is 13.0. The molecule has 0 spiro atoms. The van der Waals surface area contributed by atoms with Gasteiger partial charge in [-0.05, 0) is 86.1 Å². The molecule has 1 aromatic heterocycles. The highest BCUT2D eigenvalue weighted by molar-refractivity contribution is 7.92. The van der Waals surface area contributed by atoms with Gasteiger partial charge in [0.25, 0.3) is 15.9 Å². The molecule has 0 radical (unpaired) electrons. The van der Waals surface area contributed by atoms with Gasteiger partial charge in [-0.2, -0.15) is 4.37 Å². The Balaban J connectivity index is 1.44. The van der Waals surface area contributed by atoms with Crippen molar-refractivity contribution in [2.45, 2.75) is 57.0 Å². The van der Waals surface area contributed by atoms with Gasteiger partial charge in [0.05, 0.1) is 17.0 Å². The van der Waals surface area contributed by atoms with Gasteiger partial charge in [0.2, 0.25) is 0 Å². The summed E-state index contributed by atoms with van der Waals surface area (Å²) in [6.07, 6.45) is 3.73. The van der Waals surface area contributed by atoms with Crippen LogP contribution in [0.3, 0.4) is 0 Å². The van der Waals surface area contributed by atoms with E-state index in [9.17, 15) is 18.3 Å². The molecule has 8 nitrogen and oxygen atoms in total. The molecule has 1 saturated heterocycles. The molecule has 0 bridgehead atoms. The number of aryl methyl sites for hydroxylation is 1. The number of para-hydroxylation sites is 1. The zero-order chi connectivity index (χ0) is 28.2. The van der Waals surface area contributed by atoms with Crippen molar-refractivity contribution < 1.29 is 18.3 Å². The number of anilines is 1. The standard InChI is InChI=1S/C29H34N4O4S2/c1-5-20(3)25-8-7-9-26(27(25)30-6-2)39(36,37)32-24-12-10-22(11-13-24)28(34)33-16-14-29(35,15-17-33)18-23-19-38-31-21(23)4/h6-13,19,32,35H,3,5,14-18H2,1-2,4H3. The minimum absolute atomic E-state index is 0.0575. The third-order valence-electron chi connectivity index (χ3n) is 7.09. The minimum Gasteiger partial charge on any atom is -0.389 e. The van der Waals surface area contributed by atoms with E-state index in [4.69, 9.17) is 0 Å². The van der Waals surface area contributed by atoms with Crippen molar-refractivity contribution >= 4 is 50.6 Å². The first-order chi connectivity index (χ1) is 18.6. The molecule has 1 aliphatic rings. The van der Waals surface area contributed by atoms with Crippen molar-refractivity contribution in [3.8, 4) is 0 Å². The number of benzene rings is 2. The number of hydrogen-bond acceptors (Lipinski definition) is 7. The van der Waals surface area contributed by atoms with E-state index in [0.29, 0.717) is 61.3 Å². The van der Waals surface area contributed by atoms with E-state index in [0.717, 1.165) is 16.8 Å². The lowest BCUT2D eigenvalue weighted by Gasteiger charge is -2.38.